The molecule has 0 aliphatic carbocycles. The van der Waals surface area contributed by atoms with E-state index in [1.807, 2.05) is 42.5 Å². The molecule has 3 aromatic rings. The third-order valence-electron chi connectivity index (χ3n) is 4.65. The number of thiocarbonyl (C=S) groups is 1. The first-order valence-corrected chi connectivity index (χ1v) is 10.2. The molecule has 0 saturated carbocycles. The van der Waals surface area contributed by atoms with Crippen LogP contribution in [0.3, 0.4) is 0 Å². The smallest absolute Gasteiger partial charge is 0.226 e. The molecule has 0 bridgehead atoms. The third kappa shape index (κ3) is 5.84. The number of rotatable bonds is 7. The van der Waals surface area contributed by atoms with Crippen LogP contribution in [0.25, 0.3) is 10.8 Å². The van der Waals surface area contributed by atoms with Crippen molar-refractivity contribution in [2.75, 3.05) is 5.73 Å². The Hall–Kier alpha value is -3.36. The van der Waals surface area contributed by atoms with Crippen LogP contribution in [0.15, 0.2) is 60.5 Å². The summed E-state index contributed by atoms with van der Waals surface area (Å²) in [5, 5.41) is 15.2. The molecular formula is C23H24N4O3S. The Morgan fingerprint density at radius 3 is 2.77 bits per heavy atom. The summed E-state index contributed by atoms with van der Waals surface area (Å²) >= 11 is 5.48. The maximum Gasteiger partial charge on any atom is 0.226 e. The Kier molecular flexibility index (Phi) is 7.28. The molecule has 7 nitrogen and oxygen atoms in total. The normalized spacial score (nSPS) is 12.4. The topological polar surface area (TPSA) is 110 Å². The van der Waals surface area contributed by atoms with Crippen molar-refractivity contribution in [3.8, 4) is 0 Å². The maximum absolute atomic E-state index is 12.3. The molecule has 2 aromatic carbocycles. The first kappa shape index (κ1) is 22.3. The lowest BCUT2D eigenvalue weighted by Crippen LogP contribution is -2.36. The highest BCUT2D eigenvalue weighted by atomic mass is 32.1. The van der Waals surface area contributed by atoms with E-state index in [4.69, 9.17) is 22.7 Å². The van der Waals surface area contributed by atoms with Crippen LogP contribution in [-0.4, -0.2) is 32.3 Å². The second-order valence-corrected chi connectivity index (χ2v) is 7.33. The minimum atomic E-state index is -1.15. The van der Waals surface area contributed by atoms with Gasteiger partial charge >= 0.3 is 0 Å². The molecule has 3 rings (SSSR count). The molecule has 8 heteroatoms. The molecule has 0 aliphatic rings. The highest BCUT2D eigenvalue weighted by Crippen LogP contribution is 2.21. The van der Waals surface area contributed by atoms with Gasteiger partial charge in [0.05, 0.1) is 12.8 Å². The molecule has 1 heterocycles. The molecule has 0 aliphatic heterocycles. The Balaban J connectivity index is 1.60. The molecule has 1 atom stereocenters. The molecule has 1 unspecified atom stereocenters. The second-order valence-electron chi connectivity index (χ2n) is 6.96. The Morgan fingerprint density at radius 2 is 2.03 bits per heavy atom. The van der Waals surface area contributed by atoms with Crippen molar-refractivity contribution >= 4 is 39.8 Å². The molecule has 31 heavy (non-hydrogen) atoms. The first-order chi connectivity index (χ1) is 14.9. The summed E-state index contributed by atoms with van der Waals surface area (Å²) < 4.78 is 5.84. The molecule has 1 amide bonds. The van der Waals surface area contributed by atoms with E-state index in [0.29, 0.717) is 22.2 Å². The fourth-order valence-electron chi connectivity index (χ4n) is 3.10. The van der Waals surface area contributed by atoms with Crippen molar-refractivity contribution in [2.45, 2.75) is 32.9 Å². The van der Waals surface area contributed by atoms with E-state index in [1.165, 1.54) is 6.20 Å². The molecule has 160 valence electrons. The van der Waals surface area contributed by atoms with Crippen molar-refractivity contribution in [3.05, 3.63) is 77.4 Å². The predicted molar refractivity (Wildman–Crippen MR) is 124 cm³/mol. The van der Waals surface area contributed by atoms with Gasteiger partial charge in [-0.15, -0.1) is 0 Å². The minimum Gasteiger partial charge on any atom is -0.450 e. The van der Waals surface area contributed by atoms with Gasteiger partial charge in [-0.1, -0.05) is 36.4 Å². The van der Waals surface area contributed by atoms with Crippen molar-refractivity contribution in [2.24, 2.45) is 0 Å². The van der Waals surface area contributed by atoms with Crippen LogP contribution in [0, 0.1) is 6.92 Å². The number of nitrogens with zero attached hydrogens (tertiary/aromatic N) is 2. The van der Waals surface area contributed by atoms with E-state index < -0.39 is 12.1 Å². The summed E-state index contributed by atoms with van der Waals surface area (Å²) in [6.45, 7) is 3.49. The molecule has 1 aromatic heterocycles. The quantitative estimate of drug-likeness (QED) is 0.296. The Morgan fingerprint density at radius 1 is 1.29 bits per heavy atom. The molecule has 0 fully saturated rings. The lowest BCUT2D eigenvalue weighted by molar-refractivity contribution is -0.123. The van der Waals surface area contributed by atoms with Crippen LogP contribution in [0.5, 0.6) is 0 Å². The van der Waals surface area contributed by atoms with Gasteiger partial charge in [-0.25, -0.2) is 9.97 Å². The summed E-state index contributed by atoms with van der Waals surface area (Å²) in [7, 11) is 0. The minimum absolute atomic E-state index is 0.0381. The van der Waals surface area contributed by atoms with Gasteiger partial charge in [0.15, 0.2) is 5.05 Å². The number of carbonyl (C=O) groups is 1. The number of aliphatic hydroxyl groups excluding tert-OH is 1. The maximum atomic E-state index is 12.3. The number of nitrogens with two attached hydrogens (primary N) is 1. The number of hydrogen-bond donors (Lipinski definition) is 3. The summed E-state index contributed by atoms with van der Waals surface area (Å²) in [6.07, 6.45) is 2.09. The molecule has 0 spiro atoms. The summed E-state index contributed by atoms with van der Waals surface area (Å²) in [4.78, 5) is 20.3. The lowest BCUT2D eigenvalue weighted by atomic mass is 10.1. The highest BCUT2D eigenvalue weighted by Gasteiger charge is 2.16. The number of carbonyl (C=O) groups excluding carboxylic acids is 1. The third-order valence-corrected chi connectivity index (χ3v) is 4.95. The number of hydrogen-bond acceptors (Lipinski definition) is 7. The fraction of sp³-hybridized carbons (Fsp3) is 0.217. The number of amides is 1. The van der Waals surface area contributed by atoms with E-state index in [9.17, 15) is 9.90 Å². The van der Waals surface area contributed by atoms with Crippen LogP contribution in [0.1, 0.15) is 30.3 Å². The summed E-state index contributed by atoms with van der Waals surface area (Å²) in [6, 6.07) is 13.7. The van der Waals surface area contributed by atoms with E-state index in [1.54, 1.807) is 19.9 Å². The number of aryl methyl sites for hydroxylation is 1. The molecular weight excluding hydrogens is 412 g/mol. The van der Waals surface area contributed by atoms with Crippen molar-refractivity contribution in [1.29, 1.82) is 0 Å². The summed E-state index contributed by atoms with van der Waals surface area (Å²) in [5.41, 5.74) is 7.10. The van der Waals surface area contributed by atoms with Gasteiger partial charge < -0.3 is 20.9 Å². The Bertz CT molecular complexity index is 1140. The number of ether oxygens (including phenoxy) is 1. The van der Waals surface area contributed by atoms with Gasteiger partial charge in [0.1, 0.15) is 23.6 Å². The van der Waals surface area contributed by atoms with Crippen LogP contribution >= 0.6 is 12.2 Å². The zero-order valence-corrected chi connectivity index (χ0v) is 18.1. The van der Waals surface area contributed by atoms with E-state index >= 15 is 0 Å². The standard InChI is InChI=1S/C23H24N4O3S/c1-3-17(30-23(31)19-10-6-8-15-7-4-5-9-18(15)19)12-21(29)27-20(28)11-16-13-25-14(2)26-22(16)24/h3-10,13,21,29H,11-12H2,1-2H3,(H,27,28)(H2,24,25,26). The average Bonchev–Trinajstić information content (AvgIpc) is 2.74. The SMILES string of the molecule is CC=C(CC(O)NC(=O)Cc1cnc(C)nc1N)OC(=S)c1cccc2ccccc12. The number of nitrogens with one attached hydrogen (secondary N) is 1. The fourth-order valence-corrected chi connectivity index (χ4v) is 3.38. The van der Waals surface area contributed by atoms with E-state index in [0.717, 1.165) is 16.3 Å². The number of nitrogen functional groups attached to an aromatic ring is 1. The number of fused-ring (bicyclic) bond motifs is 1. The Labute approximate surface area is 186 Å². The first-order valence-electron chi connectivity index (χ1n) is 9.78. The number of anilines is 1. The van der Waals surface area contributed by atoms with Gasteiger partial charge in [-0.2, -0.15) is 0 Å². The van der Waals surface area contributed by atoms with Crippen LogP contribution in [-0.2, 0) is 16.0 Å². The van der Waals surface area contributed by atoms with Crippen molar-refractivity contribution in [3.63, 3.8) is 0 Å². The lowest BCUT2D eigenvalue weighted by Gasteiger charge is -2.17. The zero-order valence-electron chi connectivity index (χ0n) is 17.3. The summed E-state index contributed by atoms with van der Waals surface area (Å²) in [5.74, 6) is 0.816. The number of aliphatic hydroxyl groups is 1. The van der Waals surface area contributed by atoms with Gasteiger partial charge in [-0.05, 0) is 49.0 Å². The van der Waals surface area contributed by atoms with Crippen molar-refractivity contribution < 1.29 is 14.6 Å². The molecule has 0 saturated heterocycles. The number of allylic oxidation sites excluding steroid dienone is 1. The van der Waals surface area contributed by atoms with Gasteiger partial charge in [0.2, 0.25) is 5.91 Å². The van der Waals surface area contributed by atoms with Gasteiger partial charge in [-0.3, -0.25) is 4.79 Å². The average molecular weight is 437 g/mol. The van der Waals surface area contributed by atoms with Crippen molar-refractivity contribution in [1.82, 2.24) is 15.3 Å². The van der Waals surface area contributed by atoms with Gasteiger partial charge in [0.25, 0.3) is 0 Å². The van der Waals surface area contributed by atoms with Crippen LogP contribution < -0.4 is 11.1 Å². The number of aromatic nitrogens is 2. The monoisotopic (exact) mass is 436 g/mol. The number of benzene rings is 2. The van der Waals surface area contributed by atoms with Crippen LogP contribution in [0.2, 0.25) is 0 Å². The largest absolute Gasteiger partial charge is 0.450 e. The molecule has 4 N–H and O–H groups in total. The van der Waals surface area contributed by atoms with E-state index in [2.05, 4.69) is 15.3 Å². The zero-order chi connectivity index (χ0) is 22.4. The van der Waals surface area contributed by atoms with Crippen LogP contribution in [0.4, 0.5) is 5.82 Å². The van der Waals surface area contributed by atoms with Gasteiger partial charge in [0, 0.05) is 17.3 Å². The second kappa shape index (κ2) is 10.1. The predicted octanol–water partition coefficient (Wildman–Crippen LogP) is 3.18. The molecule has 0 radical (unpaired) electrons. The van der Waals surface area contributed by atoms with E-state index in [-0.39, 0.29) is 18.7 Å². The highest BCUT2D eigenvalue weighted by molar-refractivity contribution is 7.80.